The Morgan fingerprint density at radius 2 is 2.16 bits per heavy atom. The van der Waals surface area contributed by atoms with E-state index in [1.54, 1.807) is 11.6 Å². The molecule has 0 atom stereocenters. The summed E-state index contributed by atoms with van der Waals surface area (Å²) in [6.07, 6.45) is 1.67. The van der Waals surface area contributed by atoms with Gasteiger partial charge in [-0.25, -0.2) is 13.8 Å². The number of nitrogens with zero attached hydrogens (tertiary/aromatic N) is 2. The fourth-order valence-corrected chi connectivity index (χ4v) is 1.85. The summed E-state index contributed by atoms with van der Waals surface area (Å²) >= 11 is 0. The van der Waals surface area contributed by atoms with E-state index in [0.29, 0.717) is 11.5 Å². The standard InChI is InChI=1S/C13H12F2N2O2/c1-17-11(7-16-12(17)4-5-13(18)19)9-3-2-8(14)6-10(9)15/h2-3,6-7H,4-5H2,1H3,(H,18,19). The van der Waals surface area contributed by atoms with Crippen molar-refractivity contribution in [2.45, 2.75) is 12.8 Å². The zero-order valence-corrected chi connectivity index (χ0v) is 10.2. The van der Waals surface area contributed by atoms with Crippen molar-refractivity contribution in [3.05, 3.63) is 41.9 Å². The number of carboxylic acid groups (broad SMARTS) is 1. The fourth-order valence-electron chi connectivity index (χ4n) is 1.85. The van der Waals surface area contributed by atoms with Crippen molar-refractivity contribution in [3.8, 4) is 11.3 Å². The van der Waals surface area contributed by atoms with Gasteiger partial charge < -0.3 is 9.67 Å². The van der Waals surface area contributed by atoms with E-state index in [1.807, 2.05) is 0 Å². The minimum absolute atomic E-state index is 0.0454. The van der Waals surface area contributed by atoms with E-state index >= 15 is 0 Å². The SMILES string of the molecule is Cn1c(-c2ccc(F)cc2F)cnc1CCC(=O)O. The van der Waals surface area contributed by atoms with Crippen LogP contribution in [0.5, 0.6) is 0 Å². The molecule has 0 aliphatic heterocycles. The minimum atomic E-state index is -0.919. The molecule has 0 spiro atoms. The predicted octanol–water partition coefficient (Wildman–Crippen LogP) is 2.38. The topological polar surface area (TPSA) is 55.1 Å². The number of benzene rings is 1. The fraction of sp³-hybridized carbons (Fsp3) is 0.231. The van der Waals surface area contributed by atoms with Gasteiger partial charge in [-0.1, -0.05) is 0 Å². The summed E-state index contributed by atoms with van der Waals surface area (Å²) < 4.78 is 28.1. The average Bonchev–Trinajstić information content (AvgIpc) is 2.68. The molecule has 0 aliphatic rings. The zero-order chi connectivity index (χ0) is 14.0. The number of imidazole rings is 1. The predicted molar refractivity (Wildman–Crippen MR) is 64.5 cm³/mol. The van der Waals surface area contributed by atoms with E-state index < -0.39 is 17.6 Å². The summed E-state index contributed by atoms with van der Waals surface area (Å²) in [4.78, 5) is 14.6. The molecule has 4 nitrogen and oxygen atoms in total. The number of aliphatic carboxylic acids is 1. The van der Waals surface area contributed by atoms with E-state index in [9.17, 15) is 13.6 Å². The zero-order valence-electron chi connectivity index (χ0n) is 10.2. The third kappa shape index (κ3) is 2.78. The summed E-state index contributed by atoms with van der Waals surface area (Å²) in [5, 5.41) is 8.63. The Bertz CT molecular complexity index is 623. The van der Waals surface area contributed by atoms with Crippen molar-refractivity contribution in [2.24, 2.45) is 7.05 Å². The summed E-state index contributed by atoms with van der Waals surface area (Å²) in [6.45, 7) is 0. The van der Waals surface area contributed by atoms with Crippen molar-refractivity contribution in [3.63, 3.8) is 0 Å². The molecule has 0 bridgehead atoms. The normalized spacial score (nSPS) is 10.7. The van der Waals surface area contributed by atoms with Gasteiger partial charge in [0.2, 0.25) is 0 Å². The second kappa shape index (κ2) is 5.17. The maximum atomic E-state index is 13.7. The lowest BCUT2D eigenvalue weighted by Crippen LogP contribution is -2.04. The molecule has 0 aliphatic carbocycles. The van der Waals surface area contributed by atoms with E-state index in [4.69, 9.17) is 5.11 Å². The van der Waals surface area contributed by atoms with Crippen LogP contribution in [-0.4, -0.2) is 20.6 Å². The highest BCUT2D eigenvalue weighted by Gasteiger charge is 2.13. The highest BCUT2D eigenvalue weighted by molar-refractivity contribution is 5.67. The van der Waals surface area contributed by atoms with Crippen molar-refractivity contribution in [1.82, 2.24) is 9.55 Å². The lowest BCUT2D eigenvalue weighted by atomic mass is 10.1. The first kappa shape index (κ1) is 13.2. The molecular weight excluding hydrogens is 254 g/mol. The Hall–Kier alpha value is -2.24. The van der Waals surface area contributed by atoms with Crippen molar-refractivity contribution >= 4 is 5.97 Å². The smallest absolute Gasteiger partial charge is 0.303 e. The highest BCUT2D eigenvalue weighted by atomic mass is 19.1. The Labute approximate surface area is 108 Å². The first-order valence-corrected chi connectivity index (χ1v) is 5.67. The van der Waals surface area contributed by atoms with E-state index in [-0.39, 0.29) is 18.4 Å². The molecule has 0 radical (unpaired) electrons. The van der Waals surface area contributed by atoms with Gasteiger partial charge in [-0.3, -0.25) is 4.79 Å². The summed E-state index contributed by atoms with van der Waals surface area (Å²) in [7, 11) is 1.67. The summed E-state index contributed by atoms with van der Waals surface area (Å²) in [6, 6.07) is 3.31. The minimum Gasteiger partial charge on any atom is -0.481 e. The molecule has 0 fully saturated rings. The van der Waals surface area contributed by atoms with Crippen LogP contribution in [0.15, 0.2) is 24.4 Å². The molecule has 1 aromatic carbocycles. The van der Waals surface area contributed by atoms with Crippen molar-refractivity contribution in [1.29, 1.82) is 0 Å². The van der Waals surface area contributed by atoms with Gasteiger partial charge in [-0.2, -0.15) is 0 Å². The quantitative estimate of drug-likeness (QED) is 0.924. The lowest BCUT2D eigenvalue weighted by Gasteiger charge is -2.06. The maximum absolute atomic E-state index is 13.7. The molecule has 2 aromatic rings. The monoisotopic (exact) mass is 266 g/mol. The molecule has 0 unspecified atom stereocenters. The molecule has 1 N–H and O–H groups in total. The van der Waals surface area contributed by atoms with E-state index in [1.165, 1.54) is 18.3 Å². The molecule has 1 heterocycles. The largest absolute Gasteiger partial charge is 0.481 e. The van der Waals surface area contributed by atoms with Gasteiger partial charge in [-0.05, 0) is 12.1 Å². The van der Waals surface area contributed by atoms with Crippen LogP contribution < -0.4 is 0 Å². The van der Waals surface area contributed by atoms with Gasteiger partial charge in [0, 0.05) is 25.1 Å². The molecular formula is C13H12F2N2O2. The van der Waals surface area contributed by atoms with Crippen molar-refractivity contribution in [2.75, 3.05) is 0 Å². The Kier molecular flexibility index (Phi) is 3.59. The number of aromatic nitrogens is 2. The number of hydrogen-bond acceptors (Lipinski definition) is 2. The van der Waals surface area contributed by atoms with E-state index in [2.05, 4.69) is 4.98 Å². The Morgan fingerprint density at radius 3 is 2.79 bits per heavy atom. The third-order valence-corrected chi connectivity index (χ3v) is 2.85. The van der Waals surface area contributed by atoms with Crippen LogP contribution in [-0.2, 0) is 18.3 Å². The second-order valence-corrected chi connectivity index (χ2v) is 4.14. The molecule has 1 aromatic heterocycles. The van der Waals surface area contributed by atoms with Gasteiger partial charge in [0.25, 0.3) is 0 Å². The number of carboxylic acids is 1. The third-order valence-electron chi connectivity index (χ3n) is 2.85. The van der Waals surface area contributed by atoms with Gasteiger partial charge in [0.15, 0.2) is 0 Å². The highest BCUT2D eigenvalue weighted by Crippen LogP contribution is 2.24. The lowest BCUT2D eigenvalue weighted by molar-refractivity contribution is -0.137. The van der Waals surface area contributed by atoms with Gasteiger partial charge in [0.05, 0.1) is 18.3 Å². The average molecular weight is 266 g/mol. The van der Waals surface area contributed by atoms with Gasteiger partial charge >= 0.3 is 5.97 Å². The number of rotatable bonds is 4. The summed E-state index contributed by atoms with van der Waals surface area (Å²) in [5.41, 5.74) is 0.718. The van der Waals surface area contributed by atoms with Crippen LogP contribution in [0, 0.1) is 11.6 Å². The Balaban J connectivity index is 2.33. The first-order valence-electron chi connectivity index (χ1n) is 5.67. The number of hydrogen-bond donors (Lipinski definition) is 1. The van der Waals surface area contributed by atoms with Crippen LogP contribution in [0.25, 0.3) is 11.3 Å². The molecule has 100 valence electrons. The number of aryl methyl sites for hydroxylation is 1. The van der Waals surface area contributed by atoms with Crippen LogP contribution in [0.4, 0.5) is 8.78 Å². The molecule has 19 heavy (non-hydrogen) atoms. The Morgan fingerprint density at radius 1 is 1.42 bits per heavy atom. The molecule has 0 saturated heterocycles. The van der Waals surface area contributed by atoms with E-state index in [0.717, 1.165) is 6.07 Å². The van der Waals surface area contributed by atoms with Crippen LogP contribution in [0.3, 0.4) is 0 Å². The molecule has 6 heteroatoms. The molecule has 0 saturated carbocycles. The molecule has 2 rings (SSSR count). The van der Waals surface area contributed by atoms with Crippen LogP contribution in [0.1, 0.15) is 12.2 Å². The summed E-state index contributed by atoms with van der Waals surface area (Å²) in [5.74, 6) is -1.69. The number of halogens is 2. The second-order valence-electron chi connectivity index (χ2n) is 4.14. The van der Waals surface area contributed by atoms with Crippen LogP contribution in [0.2, 0.25) is 0 Å². The van der Waals surface area contributed by atoms with Crippen molar-refractivity contribution < 1.29 is 18.7 Å². The van der Waals surface area contributed by atoms with Gasteiger partial charge in [0.1, 0.15) is 17.5 Å². The van der Waals surface area contributed by atoms with Gasteiger partial charge in [-0.15, -0.1) is 0 Å². The number of carbonyl (C=O) groups is 1. The van der Waals surface area contributed by atoms with Crippen LogP contribution >= 0.6 is 0 Å². The molecule has 0 amide bonds. The first-order chi connectivity index (χ1) is 8.99. The maximum Gasteiger partial charge on any atom is 0.303 e.